The quantitative estimate of drug-likeness (QED) is 0.486. The maximum absolute atomic E-state index is 8.90. The zero-order valence-electron chi connectivity index (χ0n) is 10.5. The van der Waals surface area contributed by atoms with Crippen LogP contribution in [0.3, 0.4) is 0 Å². The molecule has 0 radical (unpaired) electrons. The molecule has 0 fully saturated rings. The van der Waals surface area contributed by atoms with E-state index in [0.29, 0.717) is 18.3 Å². The summed E-state index contributed by atoms with van der Waals surface area (Å²) in [5.41, 5.74) is 5.71. The van der Waals surface area contributed by atoms with Gasteiger partial charge in [0, 0.05) is 12.1 Å². The van der Waals surface area contributed by atoms with Gasteiger partial charge in [0.05, 0.1) is 6.04 Å². The number of hydrogen-bond acceptors (Lipinski definition) is 2. The van der Waals surface area contributed by atoms with Crippen molar-refractivity contribution in [3.63, 3.8) is 0 Å². The molecule has 0 aromatic rings. The van der Waals surface area contributed by atoms with Crippen LogP contribution in [-0.2, 0) is 0 Å². The summed E-state index contributed by atoms with van der Waals surface area (Å²) in [5, 5.41) is 12.0. The fraction of sp³-hybridized carbons (Fsp3) is 0.909. The van der Waals surface area contributed by atoms with Crippen LogP contribution >= 0.6 is 0 Å². The molecule has 0 rings (SSSR count). The van der Waals surface area contributed by atoms with Crippen molar-refractivity contribution in [2.24, 2.45) is 16.6 Å². The van der Waals surface area contributed by atoms with Crippen molar-refractivity contribution < 1.29 is 5.11 Å². The minimum Gasteiger partial charge on any atom is -0.396 e. The number of nitrogens with one attached hydrogen (secondary N) is 1. The first-order chi connectivity index (χ1) is 6.76. The van der Waals surface area contributed by atoms with Gasteiger partial charge in [0.25, 0.3) is 0 Å². The van der Waals surface area contributed by atoms with Gasteiger partial charge in [-0.05, 0) is 33.1 Å². The van der Waals surface area contributed by atoms with E-state index in [1.54, 1.807) is 0 Å². The normalized spacial score (nSPS) is 15.5. The van der Waals surface area contributed by atoms with Crippen molar-refractivity contribution >= 4 is 5.96 Å². The van der Waals surface area contributed by atoms with Gasteiger partial charge in [-0.3, -0.25) is 0 Å². The van der Waals surface area contributed by atoms with Crippen LogP contribution < -0.4 is 11.1 Å². The summed E-state index contributed by atoms with van der Waals surface area (Å²) in [6, 6.07) is 0.0878. The fourth-order valence-corrected chi connectivity index (χ4v) is 1.27. The lowest BCUT2D eigenvalue weighted by Gasteiger charge is -2.23. The molecule has 90 valence electrons. The second kappa shape index (κ2) is 5.95. The molecule has 0 aliphatic rings. The summed E-state index contributed by atoms with van der Waals surface area (Å²) >= 11 is 0. The molecule has 1 unspecified atom stereocenters. The van der Waals surface area contributed by atoms with Crippen LogP contribution in [0.1, 0.15) is 41.0 Å². The van der Waals surface area contributed by atoms with Crippen molar-refractivity contribution in [2.45, 2.75) is 52.6 Å². The smallest absolute Gasteiger partial charge is 0.189 e. The lowest BCUT2D eigenvalue weighted by Crippen LogP contribution is -2.45. The molecule has 0 saturated carbocycles. The van der Waals surface area contributed by atoms with Crippen LogP contribution in [0.2, 0.25) is 0 Å². The molecule has 0 aromatic heterocycles. The number of guanidine groups is 1. The first-order valence-corrected chi connectivity index (χ1v) is 5.48. The van der Waals surface area contributed by atoms with Gasteiger partial charge >= 0.3 is 0 Å². The van der Waals surface area contributed by atoms with Crippen molar-refractivity contribution in [3.8, 4) is 0 Å². The van der Waals surface area contributed by atoms with E-state index in [0.717, 1.165) is 0 Å². The minimum absolute atomic E-state index is 0.0751. The van der Waals surface area contributed by atoms with Crippen LogP contribution in [0, 0.1) is 5.92 Å². The topological polar surface area (TPSA) is 70.6 Å². The monoisotopic (exact) mass is 215 g/mol. The molecular formula is C11H25N3O. The number of nitrogens with zero attached hydrogens (tertiary/aromatic N) is 1. The lowest BCUT2D eigenvalue weighted by atomic mass is 10.0. The van der Waals surface area contributed by atoms with E-state index in [9.17, 15) is 0 Å². The Morgan fingerprint density at radius 2 is 1.93 bits per heavy atom. The Kier molecular flexibility index (Phi) is 5.65. The predicted molar refractivity (Wildman–Crippen MR) is 64.8 cm³/mol. The van der Waals surface area contributed by atoms with Crippen LogP contribution in [-0.4, -0.2) is 29.3 Å². The zero-order valence-corrected chi connectivity index (χ0v) is 10.5. The Bertz CT molecular complexity index is 206. The highest BCUT2D eigenvalue weighted by atomic mass is 16.3. The third-order valence-corrected chi connectivity index (χ3v) is 2.00. The molecule has 0 aliphatic heterocycles. The average Bonchev–Trinajstić information content (AvgIpc) is 1.99. The average molecular weight is 215 g/mol. The number of rotatable bonds is 4. The molecule has 0 heterocycles. The standard InChI is InChI=1S/C11H25N3O/c1-8(2)9(6-7-15)13-10(12)14-11(3,4)5/h8-9,15H,6-7H2,1-5H3,(H3,12,13,14). The Labute approximate surface area is 93.0 Å². The number of aliphatic hydroxyl groups is 1. The van der Waals surface area contributed by atoms with Crippen LogP contribution in [0.5, 0.6) is 0 Å². The molecule has 0 aliphatic carbocycles. The molecule has 0 amide bonds. The summed E-state index contributed by atoms with van der Waals surface area (Å²) in [4.78, 5) is 4.37. The zero-order chi connectivity index (χ0) is 12.1. The van der Waals surface area contributed by atoms with Crippen LogP contribution in [0.4, 0.5) is 0 Å². The molecule has 0 spiro atoms. The third kappa shape index (κ3) is 7.19. The highest BCUT2D eigenvalue weighted by Crippen LogP contribution is 2.10. The molecule has 4 nitrogen and oxygen atoms in total. The Hall–Kier alpha value is -0.770. The number of aliphatic imine (C=N–C) groups is 1. The molecule has 15 heavy (non-hydrogen) atoms. The maximum atomic E-state index is 8.90. The molecule has 0 aromatic carbocycles. The second-order valence-electron chi connectivity index (χ2n) is 5.21. The molecule has 4 N–H and O–H groups in total. The predicted octanol–water partition coefficient (Wildman–Crippen LogP) is 1.10. The van der Waals surface area contributed by atoms with Gasteiger partial charge in [-0.2, -0.15) is 0 Å². The van der Waals surface area contributed by atoms with Crippen molar-refractivity contribution in [2.75, 3.05) is 6.61 Å². The molecule has 1 atom stereocenters. The molecule has 0 bridgehead atoms. The van der Waals surface area contributed by atoms with Crippen molar-refractivity contribution in [1.29, 1.82) is 0 Å². The summed E-state index contributed by atoms with van der Waals surface area (Å²) in [5.74, 6) is 0.840. The van der Waals surface area contributed by atoms with Crippen molar-refractivity contribution in [1.82, 2.24) is 5.32 Å². The van der Waals surface area contributed by atoms with Gasteiger partial charge in [0.1, 0.15) is 0 Å². The van der Waals surface area contributed by atoms with E-state index >= 15 is 0 Å². The fourth-order valence-electron chi connectivity index (χ4n) is 1.27. The molecule has 4 heteroatoms. The Morgan fingerprint density at radius 1 is 1.40 bits per heavy atom. The van der Waals surface area contributed by atoms with Gasteiger partial charge in [0.15, 0.2) is 5.96 Å². The largest absolute Gasteiger partial charge is 0.396 e. The highest BCUT2D eigenvalue weighted by molar-refractivity contribution is 5.78. The minimum atomic E-state index is -0.0751. The number of aliphatic hydroxyl groups excluding tert-OH is 1. The van der Waals surface area contributed by atoms with Crippen LogP contribution in [0.15, 0.2) is 4.99 Å². The van der Waals surface area contributed by atoms with Gasteiger partial charge in [-0.25, -0.2) is 4.99 Å². The van der Waals surface area contributed by atoms with Crippen molar-refractivity contribution in [3.05, 3.63) is 0 Å². The van der Waals surface area contributed by atoms with Gasteiger partial charge in [-0.1, -0.05) is 13.8 Å². The number of nitrogens with two attached hydrogens (primary N) is 1. The summed E-state index contributed by atoms with van der Waals surface area (Å²) in [6.45, 7) is 10.4. The van der Waals surface area contributed by atoms with Crippen LogP contribution in [0.25, 0.3) is 0 Å². The summed E-state index contributed by atoms with van der Waals surface area (Å²) in [6.07, 6.45) is 0.657. The molecule has 0 saturated heterocycles. The van der Waals surface area contributed by atoms with Gasteiger partial charge < -0.3 is 16.2 Å². The van der Waals surface area contributed by atoms with E-state index in [2.05, 4.69) is 24.2 Å². The van der Waals surface area contributed by atoms with Gasteiger partial charge in [-0.15, -0.1) is 0 Å². The van der Waals surface area contributed by atoms with E-state index in [4.69, 9.17) is 10.8 Å². The van der Waals surface area contributed by atoms with E-state index in [1.165, 1.54) is 0 Å². The first kappa shape index (κ1) is 14.2. The number of hydrogen-bond donors (Lipinski definition) is 3. The summed E-state index contributed by atoms with van der Waals surface area (Å²) < 4.78 is 0. The van der Waals surface area contributed by atoms with E-state index in [-0.39, 0.29) is 18.2 Å². The molecular weight excluding hydrogens is 190 g/mol. The van der Waals surface area contributed by atoms with E-state index < -0.39 is 0 Å². The van der Waals surface area contributed by atoms with E-state index in [1.807, 2.05) is 20.8 Å². The SMILES string of the molecule is CC(C)C(CCO)N=C(N)NC(C)(C)C. The maximum Gasteiger partial charge on any atom is 0.189 e. The first-order valence-electron chi connectivity index (χ1n) is 5.48. The highest BCUT2D eigenvalue weighted by Gasteiger charge is 2.14. The van der Waals surface area contributed by atoms with Gasteiger partial charge in [0.2, 0.25) is 0 Å². The Balaban J connectivity index is 4.40. The second-order valence-corrected chi connectivity index (χ2v) is 5.21. The third-order valence-electron chi connectivity index (χ3n) is 2.00. The summed E-state index contributed by atoms with van der Waals surface area (Å²) in [7, 11) is 0. The lowest BCUT2D eigenvalue weighted by molar-refractivity contribution is 0.262. The Morgan fingerprint density at radius 3 is 2.27 bits per heavy atom.